The monoisotopic (exact) mass is 347 g/mol. The molecule has 114 valence electrons. The van der Waals surface area contributed by atoms with Gasteiger partial charge in [-0.3, -0.25) is 19.2 Å². The summed E-state index contributed by atoms with van der Waals surface area (Å²) in [7, 11) is 0. The lowest BCUT2D eigenvalue weighted by Gasteiger charge is -2.15. The molecule has 5 nitrogen and oxygen atoms in total. The molecule has 0 radical (unpaired) electrons. The van der Waals surface area contributed by atoms with E-state index < -0.39 is 11.8 Å². The predicted molar refractivity (Wildman–Crippen MR) is 84.8 cm³/mol. The Kier molecular flexibility index (Phi) is 3.75. The molecular weight excluding hydrogens is 341 g/mol. The molecule has 0 bridgehead atoms. The molecule has 1 aliphatic rings. The highest BCUT2D eigenvalue weighted by Crippen LogP contribution is 2.37. The number of hydrogen-bond acceptors (Lipinski definition) is 4. The number of fused-ring (bicyclic) bond motifs is 1. The molecule has 0 atom stereocenters. The standard InChI is InChI=1S/C16H7Cl2NO4/c17-11-5-8(6-20)1-4-12(11)19-15(22)10-3-2-9(7-21)14(18)13(10)16(19)23/h1-7H. The van der Waals surface area contributed by atoms with Crippen molar-refractivity contribution in [2.75, 3.05) is 4.90 Å². The molecule has 0 aromatic heterocycles. The van der Waals surface area contributed by atoms with Crippen molar-refractivity contribution in [1.29, 1.82) is 0 Å². The van der Waals surface area contributed by atoms with Crippen molar-refractivity contribution in [3.05, 3.63) is 62.6 Å². The van der Waals surface area contributed by atoms with Gasteiger partial charge < -0.3 is 0 Å². The van der Waals surface area contributed by atoms with Crippen LogP contribution < -0.4 is 4.90 Å². The van der Waals surface area contributed by atoms with E-state index in [2.05, 4.69) is 0 Å². The van der Waals surface area contributed by atoms with E-state index in [4.69, 9.17) is 23.2 Å². The molecule has 7 heteroatoms. The van der Waals surface area contributed by atoms with Gasteiger partial charge in [-0.15, -0.1) is 0 Å². The average Bonchev–Trinajstić information content (AvgIpc) is 2.80. The SMILES string of the molecule is O=Cc1ccc(N2C(=O)c3ccc(C=O)c(Cl)c3C2=O)c(Cl)c1. The molecule has 1 heterocycles. The third-order valence-electron chi connectivity index (χ3n) is 3.50. The Labute approximate surface area is 140 Å². The first-order valence-corrected chi connectivity index (χ1v) is 7.16. The zero-order valence-corrected chi connectivity index (χ0v) is 12.9. The third-order valence-corrected chi connectivity index (χ3v) is 4.21. The van der Waals surface area contributed by atoms with Crippen molar-refractivity contribution in [3.8, 4) is 0 Å². The number of rotatable bonds is 3. The summed E-state index contributed by atoms with van der Waals surface area (Å²) in [6, 6.07) is 6.95. The molecule has 2 aromatic carbocycles. The lowest BCUT2D eigenvalue weighted by Crippen LogP contribution is -2.29. The maximum atomic E-state index is 12.6. The van der Waals surface area contributed by atoms with Gasteiger partial charge in [0.15, 0.2) is 6.29 Å². The van der Waals surface area contributed by atoms with Crippen molar-refractivity contribution in [2.24, 2.45) is 0 Å². The molecule has 0 spiro atoms. The Morgan fingerprint density at radius 2 is 1.65 bits per heavy atom. The average molecular weight is 348 g/mol. The molecule has 0 aliphatic carbocycles. The van der Waals surface area contributed by atoms with Gasteiger partial charge in [0, 0.05) is 11.1 Å². The van der Waals surface area contributed by atoms with Crippen molar-refractivity contribution >= 4 is 53.3 Å². The second-order valence-corrected chi connectivity index (χ2v) is 5.57. The Bertz CT molecular complexity index is 892. The van der Waals surface area contributed by atoms with E-state index in [1.165, 1.54) is 30.3 Å². The van der Waals surface area contributed by atoms with E-state index in [-0.39, 0.29) is 32.4 Å². The number of anilines is 1. The lowest BCUT2D eigenvalue weighted by molar-refractivity contribution is 0.0925. The summed E-state index contributed by atoms with van der Waals surface area (Å²) in [5.41, 5.74) is 0.651. The van der Waals surface area contributed by atoms with Gasteiger partial charge in [0.1, 0.15) is 6.29 Å². The summed E-state index contributed by atoms with van der Waals surface area (Å²) >= 11 is 12.1. The molecule has 2 aromatic rings. The van der Waals surface area contributed by atoms with Gasteiger partial charge in [0.25, 0.3) is 11.8 Å². The zero-order chi connectivity index (χ0) is 16.7. The summed E-state index contributed by atoms with van der Waals surface area (Å²) in [6.45, 7) is 0. The second kappa shape index (κ2) is 5.61. The number of hydrogen-bond donors (Lipinski definition) is 0. The molecule has 3 rings (SSSR count). The largest absolute Gasteiger partial charge is 0.298 e. The van der Waals surface area contributed by atoms with Gasteiger partial charge in [0.2, 0.25) is 0 Å². The molecule has 0 N–H and O–H groups in total. The number of benzene rings is 2. The number of halogens is 2. The van der Waals surface area contributed by atoms with Gasteiger partial charge in [-0.25, -0.2) is 4.90 Å². The van der Waals surface area contributed by atoms with E-state index in [1.807, 2.05) is 0 Å². The van der Waals surface area contributed by atoms with Crippen LogP contribution >= 0.6 is 23.2 Å². The normalized spacial score (nSPS) is 13.2. The Morgan fingerprint density at radius 3 is 2.26 bits per heavy atom. The van der Waals surface area contributed by atoms with Crippen LogP contribution in [-0.4, -0.2) is 24.4 Å². The summed E-state index contributed by atoms with van der Waals surface area (Å²) in [6.07, 6.45) is 1.11. The molecule has 2 amide bonds. The van der Waals surface area contributed by atoms with Crippen LogP contribution in [0.1, 0.15) is 41.4 Å². The molecule has 1 aliphatic heterocycles. The van der Waals surface area contributed by atoms with Gasteiger partial charge in [-0.1, -0.05) is 23.2 Å². The van der Waals surface area contributed by atoms with Crippen LogP contribution in [0.5, 0.6) is 0 Å². The quantitative estimate of drug-likeness (QED) is 0.629. The fourth-order valence-electron chi connectivity index (χ4n) is 2.39. The minimum absolute atomic E-state index is 0.0307. The fourth-order valence-corrected chi connectivity index (χ4v) is 2.96. The van der Waals surface area contributed by atoms with Gasteiger partial charge in [-0.2, -0.15) is 0 Å². The summed E-state index contributed by atoms with van der Waals surface area (Å²) < 4.78 is 0. The number of nitrogens with zero attached hydrogens (tertiary/aromatic N) is 1. The topological polar surface area (TPSA) is 71.5 Å². The zero-order valence-electron chi connectivity index (χ0n) is 11.4. The minimum Gasteiger partial charge on any atom is -0.298 e. The molecular formula is C16H7Cl2NO4. The number of aldehydes is 2. The predicted octanol–water partition coefficient (Wildman–Crippen LogP) is 3.42. The van der Waals surface area contributed by atoms with Gasteiger partial charge in [0.05, 0.1) is 26.9 Å². The Balaban J connectivity index is 2.16. The molecule has 0 unspecified atom stereocenters. The third kappa shape index (κ3) is 2.25. The Morgan fingerprint density at radius 1 is 0.913 bits per heavy atom. The van der Waals surface area contributed by atoms with Crippen molar-refractivity contribution in [1.82, 2.24) is 0 Å². The smallest absolute Gasteiger partial charge is 0.267 e. The number of carbonyl (C=O) groups excluding carboxylic acids is 4. The van der Waals surface area contributed by atoms with Crippen LogP contribution in [0.25, 0.3) is 0 Å². The van der Waals surface area contributed by atoms with Crippen molar-refractivity contribution in [2.45, 2.75) is 0 Å². The summed E-state index contributed by atoms with van der Waals surface area (Å²) in [5.74, 6) is -1.26. The maximum absolute atomic E-state index is 12.6. The van der Waals surface area contributed by atoms with Crippen molar-refractivity contribution in [3.63, 3.8) is 0 Å². The van der Waals surface area contributed by atoms with Crippen LogP contribution in [0.3, 0.4) is 0 Å². The summed E-state index contributed by atoms with van der Waals surface area (Å²) in [4.78, 5) is 47.7. The second-order valence-electron chi connectivity index (χ2n) is 4.78. The first kappa shape index (κ1) is 15.4. The van der Waals surface area contributed by atoms with E-state index in [0.29, 0.717) is 18.1 Å². The van der Waals surface area contributed by atoms with Crippen molar-refractivity contribution < 1.29 is 19.2 Å². The van der Waals surface area contributed by atoms with Crippen LogP contribution in [-0.2, 0) is 0 Å². The minimum atomic E-state index is -0.667. The highest BCUT2D eigenvalue weighted by atomic mass is 35.5. The van der Waals surface area contributed by atoms with E-state index in [0.717, 1.165) is 4.90 Å². The molecule has 23 heavy (non-hydrogen) atoms. The lowest BCUT2D eigenvalue weighted by atomic mass is 10.1. The van der Waals surface area contributed by atoms with E-state index in [9.17, 15) is 19.2 Å². The number of carbonyl (C=O) groups is 4. The Hall–Kier alpha value is -2.50. The van der Waals surface area contributed by atoms with Crippen LogP contribution in [0.4, 0.5) is 5.69 Å². The highest BCUT2D eigenvalue weighted by Gasteiger charge is 2.39. The van der Waals surface area contributed by atoms with Gasteiger partial charge in [-0.05, 0) is 30.3 Å². The molecule has 0 saturated heterocycles. The van der Waals surface area contributed by atoms with Gasteiger partial charge >= 0.3 is 0 Å². The maximum Gasteiger partial charge on any atom is 0.267 e. The first-order chi connectivity index (χ1) is 11.0. The summed E-state index contributed by atoms with van der Waals surface area (Å²) in [5, 5.41) is 0.00910. The van der Waals surface area contributed by atoms with E-state index in [1.54, 1.807) is 0 Å². The van der Waals surface area contributed by atoms with Crippen LogP contribution in [0, 0.1) is 0 Å². The molecule has 0 saturated carbocycles. The molecule has 0 fully saturated rings. The number of amides is 2. The first-order valence-electron chi connectivity index (χ1n) is 6.40. The fraction of sp³-hybridized carbons (Fsp3) is 0. The highest BCUT2D eigenvalue weighted by molar-refractivity contribution is 6.45. The van der Waals surface area contributed by atoms with E-state index >= 15 is 0 Å². The number of imide groups is 1. The van der Waals surface area contributed by atoms with Crippen LogP contribution in [0.15, 0.2) is 30.3 Å². The van der Waals surface area contributed by atoms with Crippen LogP contribution in [0.2, 0.25) is 10.0 Å².